The number of benzene rings is 1. The zero-order valence-corrected chi connectivity index (χ0v) is 12.2. The Bertz CT molecular complexity index is 708. The largest absolute Gasteiger partial charge is 0.480 e. The molecule has 2 rings (SSSR count). The average Bonchev–Trinajstić information content (AvgIpc) is 2.80. The van der Waals surface area contributed by atoms with Crippen LogP contribution in [0.4, 0.5) is 0 Å². The topological polar surface area (TPSA) is 80.4 Å². The minimum absolute atomic E-state index is 0.154. The zero-order valence-electron chi connectivity index (χ0n) is 11.3. The van der Waals surface area contributed by atoms with E-state index in [0.717, 1.165) is 10.2 Å². The second-order valence-electron chi connectivity index (χ2n) is 4.39. The normalized spacial score (nSPS) is 10.3. The number of amides is 1. The number of hydrogen-bond donors (Lipinski definition) is 1. The van der Waals surface area contributed by atoms with Crippen molar-refractivity contribution in [3.63, 3.8) is 0 Å². The van der Waals surface area contributed by atoms with Crippen LogP contribution in [0.15, 0.2) is 36.7 Å². The number of carboxylic acid groups (broad SMARTS) is 1. The minimum Gasteiger partial charge on any atom is -0.480 e. The molecule has 0 saturated carbocycles. The molecule has 1 aromatic carbocycles. The van der Waals surface area contributed by atoms with Gasteiger partial charge in [-0.15, -0.1) is 0 Å². The molecule has 110 valence electrons. The quantitative estimate of drug-likeness (QED) is 0.828. The van der Waals surface area contributed by atoms with Crippen molar-refractivity contribution in [3.8, 4) is 0 Å². The Morgan fingerprint density at radius 1 is 1.33 bits per heavy atom. The van der Waals surface area contributed by atoms with Crippen LogP contribution in [0, 0.1) is 4.77 Å². The van der Waals surface area contributed by atoms with Gasteiger partial charge in [-0.3, -0.25) is 9.59 Å². The van der Waals surface area contributed by atoms with Gasteiger partial charge in [0.1, 0.15) is 12.9 Å². The molecule has 0 bridgehead atoms. The van der Waals surface area contributed by atoms with E-state index >= 15 is 0 Å². The summed E-state index contributed by atoms with van der Waals surface area (Å²) >= 11 is 5.11. The highest BCUT2D eigenvalue weighted by molar-refractivity contribution is 7.71. The Morgan fingerprint density at radius 2 is 2.00 bits per heavy atom. The number of nitrogens with zero attached hydrogens (tertiary/aromatic N) is 4. The van der Waals surface area contributed by atoms with Crippen LogP contribution >= 0.6 is 12.2 Å². The van der Waals surface area contributed by atoms with Crippen LogP contribution in [0.5, 0.6) is 0 Å². The highest BCUT2D eigenvalue weighted by atomic mass is 32.1. The highest BCUT2D eigenvalue weighted by Crippen LogP contribution is 2.03. The smallest absolute Gasteiger partial charge is 0.325 e. The Hall–Kier alpha value is -2.48. The predicted octanol–water partition coefficient (Wildman–Crippen LogP) is 0.836. The fourth-order valence-corrected chi connectivity index (χ4v) is 2.06. The number of aliphatic carboxylic acids is 1. The maximum Gasteiger partial charge on any atom is 0.325 e. The number of carboxylic acids is 1. The van der Waals surface area contributed by atoms with Crippen molar-refractivity contribution in [2.75, 3.05) is 12.1 Å². The zero-order chi connectivity index (χ0) is 15.4. The van der Waals surface area contributed by atoms with Gasteiger partial charge in [0.15, 0.2) is 0 Å². The van der Waals surface area contributed by atoms with E-state index in [1.54, 1.807) is 7.05 Å². The van der Waals surface area contributed by atoms with Crippen molar-refractivity contribution in [3.05, 3.63) is 47.0 Å². The molecule has 0 atom stereocenters. The first kappa shape index (κ1) is 14.9. The van der Waals surface area contributed by atoms with Gasteiger partial charge in [-0.1, -0.05) is 30.3 Å². The van der Waals surface area contributed by atoms with Gasteiger partial charge in [-0.25, -0.2) is 14.4 Å². The highest BCUT2D eigenvalue weighted by Gasteiger charge is 2.14. The summed E-state index contributed by atoms with van der Waals surface area (Å²) in [5, 5.41) is 13.9. The standard InChI is InChI=1S/C13H14N4O3S/c1-15(11(18)7-10-5-3-2-4-6-10)17-9-14-16(13(17)21)8-12(19)20/h2-6,9H,7-8H2,1H3,(H,19,20). The number of likely N-dealkylation sites (N-methyl/N-ethyl adjacent to an activating group) is 1. The van der Waals surface area contributed by atoms with E-state index in [2.05, 4.69) is 5.10 Å². The first-order chi connectivity index (χ1) is 9.99. The van der Waals surface area contributed by atoms with Crippen LogP contribution in [0.25, 0.3) is 0 Å². The molecular weight excluding hydrogens is 292 g/mol. The van der Waals surface area contributed by atoms with Gasteiger partial charge in [-0.05, 0) is 17.8 Å². The van der Waals surface area contributed by atoms with Gasteiger partial charge in [0.05, 0.1) is 6.42 Å². The lowest BCUT2D eigenvalue weighted by molar-refractivity contribution is -0.137. The Labute approximate surface area is 126 Å². The minimum atomic E-state index is -1.05. The third-order valence-electron chi connectivity index (χ3n) is 2.88. The molecule has 0 aliphatic carbocycles. The summed E-state index contributed by atoms with van der Waals surface area (Å²) in [5.74, 6) is -1.22. The lowest BCUT2D eigenvalue weighted by Gasteiger charge is -2.17. The van der Waals surface area contributed by atoms with Crippen molar-refractivity contribution in [2.45, 2.75) is 13.0 Å². The molecule has 0 spiro atoms. The molecule has 0 unspecified atom stereocenters. The average molecular weight is 306 g/mol. The van der Waals surface area contributed by atoms with Gasteiger partial charge in [0.25, 0.3) is 0 Å². The summed E-state index contributed by atoms with van der Waals surface area (Å²) in [4.78, 5) is 22.9. The molecule has 1 heterocycles. The van der Waals surface area contributed by atoms with Gasteiger partial charge < -0.3 is 5.11 Å². The van der Waals surface area contributed by atoms with Crippen molar-refractivity contribution in [1.82, 2.24) is 14.5 Å². The third-order valence-corrected chi connectivity index (χ3v) is 3.28. The van der Waals surface area contributed by atoms with E-state index in [1.165, 1.54) is 16.0 Å². The summed E-state index contributed by atoms with van der Waals surface area (Å²) in [6.45, 7) is -0.341. The summed E-state index contributed by atoms with van der Waals surface area (Å²) < 4.78 is 2.65. The van der Waals surface area contributed by atoms with Crippen LogP contribution < -0.4 is 5.01 Å². The van der Waals surface area contributed by atoms with Gasteiger partial charge in [0.2, 0.25) is 10.7 Å². The Kier molecular flexibility index (Phi) is 4.49. The molecule has 21 heavy (non-hydrogen) atoms. The molecular formula is C13H14N4O3S. The molecule has 1 aromatic heterocycles. The second-order valence-corrected chi connectivity index (χ2v) is 4.75. The van der Waals surface area contributed by atoms with Crippen LogP contribution in [0.2, 0.25) is 0 Å². The van der Waals surface area contributed by atoms with Crippen LogP contribution in [-0.4, -0.2) is 38.5 Å². The van der Waals surface area contributed by atoms with Gasteiger partial charge >= 0.3 is 5.97 Å². The molecule has 0 fully saturated rings. The van der Waals surface area contributed by atoms with E-state index in [4.69, 9.17) is 17.3 Å². The van der Waals surface area contributed by atoms with E-state index in [-0.39, 0.29) is 23.6 Å². The van der Waals surface area contributed by atoms with E-state index in [0.29, 0.717) is 0 Å². The van der Waals surface area contributed by atoms with E-state index in [9.17, 15) is 9.59 Å². The van der Waals surface area contributed by atoms with Crippen LogP contribution in [0.1, 0.15) is 5.56 Å². The first-order valence-electron chi connectivity index (χ1n) is 6.16. The second kappa shape index (κ2) is 6.31. The molecule has 8 heteroatoms. The first-order valence-corrected chi connectivity index (χ1v) is 6.57. The molecule has 0 aliphatic heterocycles. The summed E-state index contributed by atoms with van der Waals surface area (Å²) in [6, 6.07) is 9.32. The van der Waals surface area contributed by atoms with E-state index in [1.807, 2.05) is 30.3 Å². The Morgan fingerprint density at radius 3 is 2.62 bits per heavy atom. The molecule has 2 aromatic rings. The molecule has 0 saturated heterocycles. The summed E-state index contributed by atoms with van der Waals surface area (Å²) in [7, 11) is 1.56. The SMILES string of the molecule is CN(C(=O)Cc1ccccc1)n1cnn(CC(=O)O)c1=S. The van der Waals surface area contributed by atoms with Gasteiger partial charge in [-0.2, -0.15) is 5.10 Å². The molecule has 1 amide bonds. The molecule has 0 radical (unpaired) electrons. The monoisotopic (exact) mass is 306 g/mol. The van der Waals surface area contributed by atoms with Crippen molar-refractivity contribution >= 4 is 24.1 Å². The van der Waals surface area contributed by atoms with E-state index < -0.39 is 5.97 Å². The molecule has 7 nitrogen and oxygen atoms in total. The van der Waals surface area contributed by atoms with Crippen molar-refractivity contribution in [2.24, 2.45) is 0 Å². The third kappa shape index (κ3) is 3.54. The Balaban J connectivity index is 2.14. The number of carbonyl (C=O) groups excluding carboxylic acids is 1. The summed E-state index contributed by atoms with van der Waals surface area (Å²) in [6.07, 6.45) is 1.55. The molecule has 1 N–H and O–H groups in total. The fraction of sp³-hybridized carbons (Fsp3) is 0.231. The van der Waals surface area contributed by atoms with Crippen molar-refractivity contribution in [1.29, 1.82) is 0 Å². The number of hydrogen-bond acceptors (Lipinski definition) is 4. The number of carbonyl (C=O) groups is 2. The van der Waals surface area contributed by atoms with Crippen molar-refractivity contribution < 1.29 is 14.7 Å². The maximum absolute atomic E-state index is 12.2. The summed E-state index contributed by atoms with van der Waals surface area (Å²) in [5.41, 5.74) is 0.888. The maximum atomic E-state index is 12.2. The fourth-order valence-electron chi connectivity index (χ4n) is 1.78. The predicted molar refractivity (Wildman–Crippen MR) is 78.0 cm³/mol. The lowest BCUT2D eigenvalue weighted by Crippen LogP contribution is -2.37. The molecule has 0 aliphatic rings. The number of aromatic nitrogens is 3. The van der Waals surface area contributed by atoms with Gasteiger partial charge in [0, 0.05) is 7.05 Å². The van der Waals surface area contributed by atoms with Crippen LogP contribution in [0.3, 0.4) is 0 Å². The number of rotatable bonds is 5. The van der Waals surface area contributed by atoms with Crippen LogP contribution in [-0.2, 0) is 22.6 Å². The lowest BCUT2D eigenvalue weighted by atomic mass is 10.1.